The first-order valence-electron chi connectivity index (χ1n) is 6.16. The molecule has 1 aromatic rings. The van der Waals surface area contributed by atoms with Crippen molar-refractivity contribution < 1.29 is 14.3 Å². The molecule has 0 bridgehead atoms. The molecule has 1 unspecified atom stereocenters. The van der Waals surface area contributed by atoms with Crippen LogP contribution in [0.1, 0.15) is 23.2 Å². The smallest absolute Gasteiger partial charge is 0.188 e. The molecule has 4 heteroatoms. The predicted molar refractivity (Wildman–Crippen MR) is 72.3 cm³/mol. The Bertz CT molecular complexity index is 383. The summed E-state index contributed by atoms with van der Waals surface area (Å²) < 4.78 is 10.8. The van der Waals surface area contributed by atoms with E-state index in [4.69, 9.17) is 9.47 Å². The second kappa shape index (κ2) is 6.92. The molecule has 1 fully saturated rings. The zero-order valence-corrected chi connectivity index (χ0v) is 11.4. The molecule has 1 saturated heterocycles. The Labute approximate surface area is 112 Å². The highest BCUT2D eigenvalue weighted by molar-refractivity contribution is 7.98. The Morgan fingerprint density at radius 3 is 2.83 bits per heavy atom. The molecule has 0 N–H and O–H groups in total. The largest absolute Gasteiger partial charge is 0.376 e. The second-order valence-corrected chi connectivity index (χ2v) is 5.18. The molecule has 0 spiro atoms. The molecule has 98 valence electrons. The SMILES string of the molecule is CSc1ccc(C(=O)COCC2CCCO2)cc1. The molecule has 0 aliphatic carbocycles. The predicted octanol–water partition coefficient (Wildman–Crippen LogP) is 2.79. The van der Waals surface area contributed by atoms with Gasteiger partial charge in [0.25, 0.3) is 0 Å². The van der Waals surface area contributed by atoms with Crippen molar-refractivity contribution in [3.8, 4) is 0 Å². The molecule has 1 aromatic carbocycles. The Morgan fingerprint density at radius 2 is 2.22 bits per heavy atom. The molecule has 0 aromatic heterocycles. The lowest BCUT2D eigenvalue weighted by Crippen LogP contribution is -2.18. The van der Waals surface area contributed by atoms with Gasteiger partial charge in [-0.05, 0) is 31.2 Å². The molecule has 0 saturated carbocycles. The van der Waals surface area contributed by atoms with Crippen LogP contribution < -0.4 is 0 Å². The summed E-state index contributed by atoms with van der Waals surface area (Å²) in [6, 6.07) is 7.61. The standard InChI is InChI=1S/C14H18O3S/c1-18-13-6-4-11(5-7-13)14(15)10-16-9-12-3-2-8-17-12/h4-7,12H,2-3,8-10H2,1H3. The number of rotatable bonds is 6. The molecule has 0 amide bonds. The highest BCUT2D eigenvalue weighted by Crippen LogP contribution is 2.15. The Balaban J connectivity index is 1.76. The quantitative estimate of drug-likeness (QED) is 0.586. The van der Waals surface area contributed by atoms with Crippen molar-refractivity contribution in [2.75, 3.05) is 26.1 Å². The average molecular weight is 266 g/mol. The summed E-state index contributed by atoms with van der Waals surface area (Å²) in [6.07, 6.45) is 4.33. The van der Waals surface area contributed by atoms with Crippen LogP contribution in [0, 0.1) is 0 Å². The van der Waals surface area contributed by atoms with Crippen LogP contribution in [0.4, 0.5) is 0 Å². The molecular formula is C14H18O3S. The number of ketones is 1. The van der Waals surface area contributed by atoms with Crippen LogP contribution in [-0.4, -0.2) is 38.0 Å². The van der Waals surface area contributed by atoms with E-state index in [-0.39, 0.29) is 18.5 Å². The first-order chi connectivity index (χ1) is 8.79. The van der Waals surface area contributed by atoms with E-state index in [9.17, 15) is 4.79 Å². The molecule has 1 aliphatic heterocycles. The molecule has 1 aliphatic rings. The lowest BCUT2D eigenvalue weighted by atomic mass is 10.1. The molecule has 18 heavy (non-hydrogen) atoms. The van der Waals surface area contributed by atoms with Crippen LogP contribution in [0.2, 0.25) is 0 Å². The van der Waals surface area contributed by atoms with Crippen LogP contribution in [0.15, 0.2) is 29.2 Å². The monoisotopic (exact) mass is 266 g/mol. The fraction of sp³-hybridized carbons (Fsp3) is 0.500. The minimum Gasteiger partial charge on any atom is -0.376 e. The van der Waals surface area contributed by atoms with Gasteiger partial charge in [0.15, 0.2) is 5.78 Å². The maximum absolute atomic E-state index is 11.8. The van der Waals surface area contributed by atoms with E-state index in [0.717, 1.165) is 24.3 Å². The normalized spacial score (nSPS) is 19.1. The van der Waals surface area contributed by atoms with E-state index in [2.05, 4.69) is 0 Å². The van der Waals surface area contributed by atoms with Gasteiger partial charge in [-0.25, -0.2) is 0 Å². The zero-order chi connectivity index (χ0) is 12.8. The lowest BCUT2D eigenvalue weighted by molar-refractivity contribution is 0.0190. The van der Waals surface area contributed by atoms with Gasteiger partial charge < -0.3 is 9.47 Å². The van der Waals surface area contributed by atoms with Gasteiger partial charge in [-0.3, -0.25) is 4.79 Å². The summed E-state index contributed by atoms with van der Waals surface area (Å²) in [5.41, 5.74) is 0.708. The van der Waals surface area contributed by atoms with E-state index in [1.54, 1.807) is 11.8 Å². The summed E-state index contributed by atoms with van der Waals surface area (Å²) in [6.45, 7) is 1.48. The van der Waals surface area contributed by atoms with Crippen LogP contribution in [0.25, 0.3) is 0 Å². The third-order valence-corrected chi connectivity index (χ3v) is 3.72. The van der Waals surface area contributed by atoms with E-state index in [1.165, 1.54) is 0 Å². The van der Waals surface area contributed by atoms with Gasteiger partial charge >= 0.3 is 0 Å². The average Bonchev–Trinajstić information content (AvgIpc) is 2.92. The summed E-state index contributed by atoms with van der Waals surface area (Å²) in [4.78, 5) is 13.0. The fourth-order valence-corrected chi connectivity index (χ4v) is 2.33. The van der Waals surface area contributed by atoms with Crippen molar-refractivity contribution in [3.63, 3.8) is 0 Å². The maximum Gasteiger partial charge on any atom is 0.188 e. The van der Waals surface area contributed by atoms with Gasteiger partial charge in [-0.2, -0.15) is 0 Å². The lowest BCUT2D eigenvalue weighted by Gasteiger charge is -2.09. The van der Waals surface area contributed by atoms with Crippen LogP contribution in [0.5, 0.6) is 0 Å². The number of hydrogen-bond donors (Lipinski definition) is 0. The van der Waals surface area contributed by atoms with Crippen molar-refractivity contribution in [2.24, 2.45) is 0 Å². The van der Waals surface area contributed by atoms with Gasteiger partial charge in [-0.15, -0.1) is 11.8 Å². The van der Waals surface area contributed by atoms with Gasteiger partial charge in [0.1, 0.15) is 6.61 Å². The van der Waals surface area contributed by atoms with Crippen LogP contribution in [0.3, 0.4) is 0 Å². The summed E-state index contributed by atoms with van der Waals surface area (Å²) in [7, 11) is 0. The van der Waals surface area contributed by atoms with E-state index >= 15 is 0 Å². The molecule has 0 radical (unpaired) electrons. The molecular weight excluding hydrogens is 248 g/mol. The molecule has 3 nitrogen and oxygen atoms in total. The van der Waals surface area contributed by atoms with Crippen molar-refractivity contribution in [3.05, 3.63) is 29.8 Å². The summed E-state index contributed by atoms with van der Waals surface area (Å²) in [5, 5.41) is 0. The van der Waals surface area contributed by atoms with Gasteiger partial charge in [0.05, 0.1) is 12.7 Å². The number of hydrogen-bond acceptors (Lipinski definition) is 4. The number of ether oxygens (including phenoxy) is 2. The minimum atomic E-state index is 0.0284. The highest BCUT2D eigenvalue weighted by Gasteiger charge is 2.16. The molecule has 2 rings (SSSR count). The first kappa shape index (κ1) is 13.6. The van der Waals surface area contributed by atoms with Crippen molar-refractivity contribution >= 4 is 17.5 Å². The number of thioether (sulfide) groups is 1. The number of carbonyl (C=O) groups is 1. The number of Topliss-reactive ketones (excluding diaryl/α,β-unsaturated/α-hetero) is 1. The van der Waals surface area contributed by atoms with E-state index in [1.807, 2.05) is 30.5 Å². The molecule has 1 atom stereocenters. The molecule has 1 heterocycles. The van der Waals surface area contributed by atoms with Crippen LogP contribution in [-0.2, 0) is 9.47 Å². The van der Waals surface area contributed by atoms with Crippen molar-refractivity contribution in [2.45, 2.75) is 23.8 Å². The summed E-state index contributed by atoms with van der Waals surface area (Å²) >= 11 is 1.66. The Kier molecular flexibility index (Phi) is 5.23. The minimum absolute atomic E-state index is 0.0284. The third kappa shape index (κ3) is 3.83. The zero-order valence-electron chi connectivity index (χ0n) is 10.6. The van der Waals surface area contributed by atoms with Crippen molar-refractivity contribution in [1.82, 2.24) is 0 Å². The Morgan fingerprint density at radius 1 is 1.44 bits per heavy atom. The maximum atomic E-state index is 11.8. The van der Waals surface area contributed by atoms with Crippen molar-refractivity contribution in [1.29, 1.82) is 0 Å². The number of carbonyl (C=O) groups excluding carboxylic acids is 1. The topological polar surface area (TPSA) is 35.5 Å². The van der Waals surface area contributed by atoms with E-state index < -0.39 is 0 Å². The van der Waals surface area contributed by atoms with Gasteiger partial charge in [0, 0.05) is 17.1 Å². The second-order valence-electron chi connectivity index (χ2n) is 4.30. The summed E-state index contributed by atoms with van der Waals surface area (Å²) in [5.74, 6) is 0.0284. The fourth-order valence-electron chi connectivity index (χ4n) is 1.92. The first-order valence-corrected chi connectivity index (χ1v) is 7.38. The van der Waals surface area contributed by atoms with Crippen LogP contribution >= 0.6 is 11.8 Å². The van der Waals surface area contributed by atoms with E-state index in [0.29, 0.717) is 12.2 Å². The van der Waals surface area contributed by atoms with Gasteiger partial charge in [-0.1, -0.05) is 12.1 Å². The highest BCUT2D eigenvalue weighted by atomic mass is 32.2. The third-order valence-electron chi connectivity index (χ3n) is 2.97. The number of benzene rings is 1. The Hall–Kier alpha value is -0.840. The van der Waals surface area contributed by atoms with Gasteiger partial charge in [0.2, 0.25) is 0 Å².